The van der Waals surface area contributed by atoms with Crippen molar-refractivity contribution in [1.82, 2.24) is 0 Å². The van der Waals surface area contributed by atoms with Crippen LogP contribution in [0.3, 0.4) is 0 Å². The van der Waals surface area contributed by atoms with Crippen LogP contribution in [0.4, 0.5) is 0 Å². The minimum Gasteiger partial charge on any atom is -0.508 e. The van der Waals surface area contributed by atoms with E-state index >= 15 is 0 Å². The van der Waals surface area contributed by atoms with Gasteiger partial charge < -0.3 is 10.8 Å². The van der Waals surface area contributed by atoms with Gasteiger partial charge in [-0.2, -0.15) is 0 Å². The van der Waals surface area contributed by atoms with E-state index < -0.39 is 0 Å². The van der Waals surface area contributed by atoms with Gasteiger partial charge in [0.15, 0.2) is 0 Å². The number of phenolic OH excluding ortho intramolecular Hbond substituents is 1. The average Bonchev–Trinajstić information content (AvgIpc) is 2.37. The Labute approximate surface area is 114 Å². The van der Waals surface area contributed by atoms with Gasteiger partial charge in [-0.05, 0) is 55.6 Å². The van der Waals surface area contributed by atoms with Crippen LogP contribution in [-0.2, 0) is 6.42 Å². The fourth-order valence-corrected chi connectivity index (χ4v) is 2.57. The van der Waals surface area contributed by atoms with Gasteiger partial charge in [-0.25, -0.2) is 0 Å². The first-order chi connectivity index (χ1) is 9.10. The molecule has 2 aromatic carbocycles. The number of hydrogen-bond donors (Lipinski definition) is 2. The molecule has 0 bridgehead atoms. The summed E-state index contributed by atoms with van der Waals surface area (Å²) in [5.41, 5.74) is 10.9. The van der Waals surface area contributed by atoms with Crippen molar-refractivity contribution in [2.45, 2.75) is 26.2 Å². The van der Waals surface area contributed by atoms with Crippen molar-refractivity contribution in [3.8, 4) is 5.75 Å². The Morgan fingerprint density at radius 1 is 1.11 bits per heavy atom. The van der Waals surface area contributed by atoms with Crippen LogP contribution in [0.2, 0.25) is 0 Å². The van der Waals surface area contributed by atoms with E-state index in [2.05, 4.69) is 32.0 Å². The lowest BCUT2D eigenvalue weighted by atomic mass is 9.88. The second kappa shape index (κ2) is 5.89. The minimum atomic E-state index is 0.294. The summed E-state index contributed by atoms with van der Waals surface area (Å²) in [5.74, 6) is 0.608. The molecule has 0 aliphatic heterocycles. The first-order valence-electron chi connectivity index (χ1n) is 6.65. The number of aromatic hydroxyl groups is 1. The third kappa shape index (κ3) is 3.36. The Morgan fingerprint density at radius 3 is 2.53 bits per heavy atom. The van der Waals surface area contributed by atoms with Crippen LogP contribution < -0.4 is 5.73 Å². The van der Waals surface area contributed by atoms with Gasteiger partial charge in [-0.15, -0.1) is 0 Å². The van der Waals surface area contributed by atoms with Gasteiger partial charge in [0.1, 0.15) is 5.75 Å². The molecule has 0 saturated heterocycles. The van der Waals surface area contributed by atoms with Crippen molar-refractivity contribution in [2.75, 3.05) is 6.54 Å². The first-order valence-corrected chi connectivity index (χ1v) is 6.65. The molecule has 0 radical (unpaired) electrons. The van der Waals surface area contributed by atoms with Gasteiger partial charge >= 0.3 is 0 Å². The van der Waals surface area contributed by atoms with Crippen molar-refractivity contribution in [1.29, 1.82) is 0 Å². The summed E-state index contributed by atoms with van der Waals surface area (Å²) in [6, 6.07) is 13.9. The fraction of sp³-hybridized carbons (Fsp3) is 0.294. The number of phenols is 1. The Balaban J connectivity index is 2.25. The highest BCUT2D eigenvalue weighted by Gasteiger charge is 2.13. The third-order valence-corrected chi connectivity index (χ3v) is 3.54. The molecule has 2 rings (SSSR count). The van der Waals surface area contributed by atoms with Crippen molar-refractivity contribution in [2.24, 2.45) is 5.73 Å². The molecular weight excluding hydrogens is 234 g/mol. The van der Waals surface area contributed by atoms with E-state index in [9.17, 15) is 5.11 Å². The average molecular weight is 255 g/mol. The zero-order valence-corrected chi connectivity index (χ0v) is 11.6. The second-order valence-corrected chi connectivity index (χ2v) is 5.17. The maximum Gasteiger partial charge on any atom is 0.115 e. The van der Waals surface area contributed by atoms with Crippen LogP contribution in [0.25, 0.3) is 0 Å². The predicted octanol–water partition coefficient (Wildman–Crippen LogP) is 3.29. The SMILES string of the molecule is Cc1ccc(C(CN)Cc2cccc(O)c2)c(C)c1. The number of benzene rings is 2. The molecule has 0 aliphatic rings. The van der Waals surface area contributed by atoms with Crippen LogP contribution in [0.15, 0.2) is 42.5 Å². The summed E-state index contributed by atoms with van der Waals surface area (Å²) >= 11 is 0. The molecule has 2 aromatic rings. The fourth-order valence-electron chi connectivity index (χ4n) is 2.57. The van der Waals surface area contributed by atoms with Crippen molar-refractivity contribution in [3.63, 3.8) is 0 Å². The van der Waals surface area contributed by atoms with E-state index in [-0.39, 0.29) is 0 Å². The Kier molecular flexibility index (Phi) is 4.23. The van der Waals surface area contributed by atoms with Crippen LogP contribution in [0.5, 0.6) is 5.75 Å². The molecule has 0 heterocycles. The Hall–Kier alpha value is -1.80. The molecule has 100 valence electrons. The van der Waals surface area contributed by atoms with Gasteiger partial charge in [0.25, 0.3) is 0 Å². The van der Waals surface area contributed by atoms with E-state index in [1.54, 1.807) is 6.07 Å². The summed E-state index contributed by atoms with van der Waals surface area (Å²) in [6.45, 7) is 4.84. The van der Waals surface area contributed by atoms with Crippen LogP contribution in [-0.4, -0.2) is 11.7 Å². The number of nitrogens with two attached hydrogens (primary N) is 1. The van der Waals surface area contributed by atoms with E-state index in [4.69, 9.17) is 5.73 Å². The minimum absolute atomic E-state index is 0.294. The molecule has 2 heteroatoms. The largest absolute Gasteiger partial charge is 0.508 e. The zero-order valence-electron chi connectivity index (χ0n) is 11.6. The monoisotopic (exact) mass is 255 g/mol. The van der Waals surface area contributed by atoms with Gasteiger partial charge in [-0.3, -0.25) is 0 Å². The molecule has 0 aliphatic carbocycles. The summed E-state index contributed by atoms with van der Waals surface area (Å²) in [5, 5.41) is 9.53. The zero-order chi connectivity index (χ0) is 13.8. The molecule has 0 aromatic heterocycles. The highest BCUT2D eigenvalue weighted by atomic mass is 16.3. The van der Waals surface area contributed by atoms with E-state index in [0.29, 0.717) is 18.2 Å². The van der Waals surface area contributed by atoms with Crippen LogP contribution in [0, 0.1) is 13.8 Å². The molecule has 1 atom stereocenters. The smallest absolute Gasteiger partial charge is 0.115 e. The quantitative estimate of drug-likeness (QED) is 0.880. The summed E-state index contributed by atoms with van der Waals surface area (Å²) < 4.78 is 0. The lowest BCUT2D eigenvalue weighted by Crippen LogP contribution is -2.16. The highest BCUT2D eigenvalue weighted by molar-refractivity contribution is 5.35. The molecule has 19 heavy (non-hydrogen) atoms. The summed E-state index contributed by atoms with van der Waals surface area (Å²) in [6.07, 6.45) is 0.856. The highest BCUT2D eigenvalue weighted by Crippen LogP contribution is 2.25. The third-order valence-electron chi connectivity index (χ3n) is 3.54. The molecule has 0 saturated carbocycles. The van der Waals surface area contributed by atoms with Crippen molar-refractivity contribution < 1.29 is 5.11 Å². The molecule has 3 N–H and O–H groups in total. The summed E-state index contributed by atoms with van der Waals surface area (Å²) in [7, 11) is 0. The molecular formula is C17H21NO. The molecule has 0 amide bonds. The van der Waals surface area contributed by atoms with Gasteiger partial charge in [0, 0.05) is 5.92 Å². The maximum atomic E-state index is 9.53. The molecule has 1 unspecified atom stereocenters. The first kappa shape index (κ1) is 13.6. The predicted molar refractivity (Wildman–Crippen MR) is 79.5 cm³/mol. The normalized spacial score (nSPS) is 12.4. The number of hydrogen-bond acceptors (Lipinski definition) is 2. The standard InChI is InChI=1S/C17H21NO/c1-12-6-7-17(13(2)8-12)15(11-18)9-14-4-3-5-16(19)10-14/h3-8,10,15,19H,9,11,18H2,1-2H3. The summed E-state index contributed by atoms with van der Waals surface area (Å²) in [4.78, 5) is 0. The van der Waals surface area contributed by atoms with Crippen LogP contribution >= 0.6 is 0 Å². The number of rotatable bonds is 4. The van der Waals surface area contributed by atoms with Crippen LogP contribution in [0.1, 0.15) is 28.2 Å². The molecule has 2 nitrogen and oxygen atoms in total. The molecule has 0 spiro atoms. The van der Waals surface area contributed by atoms with Crippen molar-refractivity contribution in [3.05, 3.63) is 64.7 Å². The lowest BCUT2D eigenvalue weighted by Gasteiger charge is -2.18. The van der Waals surface area contributed by atoms with E-state index in [1.807, 2.05) is 18.2 Å². The molecule has 0 fully saturated rings. The second-order valence-electron chi connectivity index (χ2n) is 5.17. The lowest BCUT2D eigenvalue weighted by molar-refractivity contribution is 0.474. The van der Waals surface area contributed by atoms with Gasteiger partial charge in [-0.1, -0.05) is 35.9 Å². The number of aryl methyl sites for hydroxylation is 2. The Bertz CT molecular complexity index is 563. The van der Waals surface area contributed by atoms with Gasteiger partial charge in [0.05, 0.1) is 0 Å². The maximum absolute atomic E-state index is 9.53. The Morgan fingerprint density at radius 2 is 1.89 bits per heavy atom. The topological polar surface area (TPSA) is 46.2 Å². The van der Waals surface area contributed by atoms with Gasteiger partial charge in [0.2, 0.25) is 0 Å². The van der Waals surface area contributed by atoms with E-state index in [1.165, 1.54) is 16.7 Å². The van der Waals surface area contributed by atoms with E-state index in [0.717, 1.165) is 12.0 Å². The van der Waals surface area contributed by atoms with Crippen molar-refractivity contribution >= 4 is 0 Å².